The fraction of sp³-hybridized carbons (Fsp3) is 0.625. The summed E-state index contributed by atoms with van der Waals surface area (Å²) >= 11 is 0. The maximum Gasteiger partial charge on any atom is 0.243 e. The van der Waals surface area contributed by atoms with Crippen LogP contribution in [0.5, 0.6) is 0 Å². The summed E-state index contributed by atoms with van der Waals surface area (Å²) in [6.07, 6.45) is 3.07. The highest BCUT2D eigenvalue weighted by atomic mass is 16.2. The zero-order valence-corrected chi connectivity index (χ0v) is 8.40. The molecule has 0 saturated heterocycles. The van der Waals surface area contributed by atoms with Crippen LogP contribution in [0.15, 0.2) is 6.33 Å². The van der Waals surface area contributed by atoms with Crippen LogP contribution < -0.4 is 11.1 Å². The van der Waals surface area contributed by atoms with Gasteiger partial charge in [0.1, 0.15) is 6.33 Å². The molecule has 1 heterocycles. The van der Waals surface area contributed by atoms with Crippen LogP contribution in [0.4, 0.5) is 5.95 Å². The Labute approximate surface area is 82.5 Å². The summed E-state index contributed by atoms with van der Waals surface area (Å²) in [4.78, 5) is 11.4. The van der Waals surface area contributed by atoms with Gasteiger partial charge in [0.15, 0.2) is 0 Å². The molecule has 0 radical (unpaired) electrons. The number of aromatic nitrogens is 3. The van der Waals surface area contributed by atoms with E-state index in [0.717, 1.165) is 6.42 Å². The molecule has 1 rings (SSSR count). The Morgan fingerprint density at radius 2 is 2.50 bits per heavy atom. The predicted octanol–water partition coefficient (Wildman–Crippen LogP) is -0.119. The second kappa shape index (κ2) is 4.71. The van der Waals surface area contributed by atoms with Crippen molar-refractivity contribution >= 4 is 11.9 Å². The highest BCUT2D eigenvalue weighted by Gasteiger charge is 2.14. The molecule has 0 bridgehead atoms. The van der Waals surface area contributed by atoms with Crippen molar-refractivity contribution in [2.45, 2.75) is 25.8 Å². The van der Waals surface area contributed by atoms with Gasteiger partial charge >= 0.3 is 0 Å². The molecule has 0 unspecified atom stereocenters. The van der Waals surface area contributed by atoms with Crippen molar-refractivity contribution in [3.8, 4) is 0 Å². The van der Waals surface area contributed by atoms with Crippen LogP contribution in [0.1, 0.15) is 19.8 Å². The van der Waals surface area contributed by atoms with Gasteiger partial charge in [0.25, 0.3) is 0 Å². The summed E-state index contributed by atoms with van der Waals surface area (Å²) in [5, 5.41) is 9.96. The van der Waals surface area contributed by atoms with Gasteiger partial charge in [0.05, 0.1) is 6.04 Å². The Morgan fingerprint density at radius 3 is 3.00 bits per heavy atom. The van der Waals surface area contributed by atoms with E-state index in [4.69, 9.17) is 5.73 Å². The number of hydrogen-bond donors (Lipinski definition) is 2. The summed E-state index contributed by atoms with van der Waals surface area (Å²) in [6, 6.07) is -0.475. The molecule has 0 aliphatic carbocycles. The molecule has 0 aromatic carbocycles. The van der Waals surface area contributed by atoms with E-state index in [-0.39, 0.29) is 5.91 Å². The quantitative estimate of drug-likeness (QED) is 0.704. The van der Waals surface area contributed by atoms with Crippen LogP contribution in [0.3, 0.4) is 0 Å². The van der Waals surface area contributed by atoms with E-state index in [1.54, 1.807) is 11.6 Å². The third kappa shape index (κ3) is 2.53. The van der Waals surface area contributed by atoms with Crippen molar-refractivity contribution in [3.05, 3.63) is 6.33 Å². The number of amides is 1. The van der Waals surface area contributed by atoms with Crippen LogP contribution in [-0.4, -0.2) is 26.7 Å². The number of hydrogen-bond acceptors (Lipinski definition) is 4. The normalized spacial score (nSPS) is 12.5. The molecule has 1 amide bonds. The summed E-state index contributed by atoms with van der Waals surface area (Å²) in [6.45, 7) is 1.98. The molecular weight excluding hydrogens is 182 g/mol. The van der Waals surface area contributed by atoms with E-state index in [1.807, 2.05) is 6.92 Å². The van der Waals surface area contributed by atoms with Gasteiger partial charge in [0, 0.05) is 7.05 Å². The van der Waals surface area contributed by atoms with Crippen molar-refractivity contribution in [1.29, 1.82) is 0 Å². The van der Waals surface area contributed by atoms with E-state index < -0.39 is 6.04 Å². The minimum absolute atomic E-state index is 0.219. The molecule has 1 atom stereocenters. The smallest absolute Gasteiger partial charge is 0.243 e. The molecule has 0 spiro atoms. The molecule has 0 aliphatic heterocycles. The first-order valence-electron chi connectivity index (χ1n) is 4.55. The Bertz CT molecular complexity index is 308. The molecule has 78 valence electrons. The first-order chi connectivity index (χ1) is 6.65. The lowest BCUT2D eigenvalue weighted by Crippen LogP contribution is -2.36. The minimum Gasteiger partial charge on any atom is -0.320 e. The van der Waals surface area contributed by atoms with Gasteiger partial charge in [-0.05, 0) is 6.42 Å². The predicted molar refractivity (Wildman–Crippen MR) is 52.5 cm³/mol. The fourth-order valence-electron chi connectivity index (χ4n) is 1.04. The second-order valence-electron chi connectivity index (χ2n) is 3.15. The monoisotopic (exact) mass is 197 g/mol. The summed E-state index contributed by atoms with van der Waals surface area (Å²) < 4.78 is 1.62. The van der Waals surface area contributed by atoms with Crippen LogP contribution in [0, 0.1) is 0 Å². The van der Waals surface area contributed by atoms with Gasteiger partial charge in [-0.15, -0.1) is 10.2 Å². The van der Waals surface area contributed by atoms with Crippen molar-refractivity contribution in [3.63, 3.8) is 0 Å². The highest BCUT2D eigenvalue weighted by molar-refractivity contribution is 5.93. The van der Waals surface area contributed by atoms with Gasteiger partial charge in [-0.1, -0.05) is 13.3 Å². The first-order valence-corrected chi connectivity index (χ1v) is 4.55. The van der Waals surface area contributed by atoms with Crippen molar-refractivity contribution in [1.82, 2.24) is 14.8 Å². The average molecular weight is 197 g/mol. The minimum atomic E-state index is -0.475. The molecule has 1 aromatic heterocycles. The Hall–Kier alpha value is -1.43. The van der Waals surface area contributed by atoms with Gasteiger partial charge < -0.3 is 10.3 Å². The number of nitrogens with two attached hydrogens (primary N) is 1. The molecule has 14 heavy (non-hydrogen) atoms. The Kier molecular flexibility index (Phi) is 3.58. The maximum atomic E-state index is 11.4. The molecule has 0 fully saturated rings. The van der Waals surface area contributed by atoms with Crippen LogP contribution >= 0.6 is 0 Å². The van der Waals surface area contributed by atoms with Crippen LogP contribution in [0.2, 0.25) is 0 Å². The van der Waals surface area contributed by atoms with Crippen LogP contribution in [0.25, 0.3) is 0 Å². The van der Waals surface area contributed by atoms with E-state index >= 15 is 0 Å². The van der Waals surface area contributed by atoms with E-state index in [2.05, 4.69) is 15.5 Å². The van der Waals surface area contributed by atoms with Gasteiger partial charge in [0.2, 0.25) is 11.9 Å². The maximum absolute atomic E-state index is 11.4. The lowest BCUT2D eigenvalue weighted by Gasteiger charge is -2.09. The molecule has 6 nitrogen and oxygen atoms in total. The molecule has 1 aromatic rings. The number of carbonyl (C=O) groups is 1. The van der Waals surface area contributed by atoms with Gasteiger partial charge in [-0.2, -0.15) is 0 Å². The summed E-state index contributed by atoms with van der Waals surface area (Å²) in [7, 11) is 1.75. The van der Waals surface area contributed by atoms with Gasteiger partial charge in [-0.25, -0.2) is 0 Å². The standard InChI is InChI=1S/C8H15N5O/c1-3-4-6(9)7(14)11-8-12-10-5-13(8)2/h5-6H,3-4,9H2,1-2H3,(H,11,12,14)/t6-/m0/s1. The lowest BCUT2D eigenvalue weighted by atomic mass is 10.2. The summed E-state index contributed by atoms with van der Waals surface area (Å²) in [5.41, 5.74) is 5.62. The largest absolute Gasteiger partial charge is 0.320 e. The van der Waals surface area contributed by atoms with Crippen LogP contribution in [-0.2, 0) is 11.8 Å². The first kappa shape index (κ1) is 10.6. The molecule has 3 N–H and O–H groups in total. The molecule has 6 heteroatoms. The zero-order valence-electron chi connectivity index (χ0n) is 8.40. The third-order valence-corrected chi connectivity index (χ3v) is 1.88. The second-order valence-corrected chi connectivity index (χ2v) is 3.15. The molecule has 0 saturated carbocycles. The zero-order chi connectivity index (χ0) is 10.6. The number of anilines is 1. The SMILES string of the molecule is CCC[C@H](N)C(=O)Nc1nncn1C. The highest BCUT2D eigenvalue weighted by Crippen LogP contribution is 2.01. The van der Waals surface area contributed by atoms with Crippen molar-refractivity contribution in [2.75, 3.05) is 5.32 Å². The topological polar surface area (TPSA) is 85.8 Å². The fourth-order valence-corrected chi connectivity index (χ4v) is 1.04. The van der Waals surface area contributed by atoms with Gasteiger partial charge in [-0.3, -0.25) is 10.1 Å². The number of aryl methyl sites for hydroxylation is 1. The molecular formula is C8H15N5O. The molecule has 0 aliphatic rings. The van der Waals surface area contributed by atoms with E-state index in [0.29, 0.717) is 12.4 Å². The number of nitrogens with zero attached hydrogens (tertiary/aromatic N) is 3. The van der Waals surface area contributed by atoms with E-state index in [9.17, 15) is 4.79 Å². The lowest BCUT2D eigenvalue weighted by molar-refractivity contribution is -0.117. The number of rotatable bonds is 4. The number of carbonyl (C=O) groups excluding carboxylic acids is 1. The van der Waals surface area contributed by atoms with Crippen molar-refractivity contribution in [2.24, 2.45) is 12.8 Å². The Balaban J connectivity index is 2.53. The average Bonchev–Trinajstić information content (AvgIpc) is 2.52. The summed E-state index contributed by atoms with van der Waals surface area (Å²) in [5.74, 6) is 0.199. The van der Waals surface area contributed by atoms with Crippen molar-refractivity contribution < 1.29 is 4.79 Å². The Morgan fingerprint density at radius 1 is 1.79 bits per heavy atom. The third-order valence-electron chi connectivity index (χ3n) is 1.88. The number of nitrogens with one attached hydrogen (secondary N) is 1. The van der Waals surface area contributed by atoms with E-state index in [1.165, 1.54) is 6.33 Å².